The van der Waals surface area contributed by atoms with E-state index >= 15 is 0 Å². The van der Waals surface area contributed by atoms with Crippen molar-refractivity contribution in [2.24, 2.45) is 0 Å². The molecule has 3 rings (SSSR count). The average Bonchev–Trinajstić information content (AvgIpc) is 3.18. The molecule has 1 N–H and O–H groups in total. The van der Waals surface area contributed by atoms with Crippen molar-refractivity contribution in [3.63, 3.8) is 0 Å². The van der Waals surface area contributed by atoms with Gasteiger partial charge in [-0.2, -0.15) is 0 Å². The SMILES string of the molecule is O=C(NS(=O)(=O)c1ccc(F)cc1)c1cnc([C@@H]2CCCO2)s1. The predicted molar refractivity (Wildman–Crippen MR) is 81.1 cm³/mol. The van der Waals surface area contributed by atoms with Gasteiger partial charge in [0.15, 0.2) is 0 Å². The Bertz CT molecular complexity index is 812. The minimum atomic E-state index is -4.05. The summed E-state index contributed by atoms with van der Waals surface area (Å²) in [5, 5.41) is 0.659. The molecule has 1 aliphatic rings. The van der Waals surface area contributed by atoms with Crippen LogP contribution in [0.15, 0.2) is 35.4 Å². The van der Waals surface area contributed by atoms with E-state index in [4.69, 9.17) is 4.74 Å². The van der Waals surface area contributed by atoms with E-state index in [2.05, 4.69) is 4.98 Å². The molecule has 0 radical (unpaired) electrons. The molecule has 0 bridgehead atoms. The van der Waals surface area contributed by atoms with Crippen molar-refractivity contribution in [3.05, 3.63) is 46.2 Å². The fourth-order valence-corrected chi connectivity index (χ4v) is 4.09. The number of benzene rings is 1. The second-order valence-electron chi connectivity index (χ2n) is 4.95. The van der Waals surface area contributed by atoms with Crippen LogP contribution in [0.1, 0.15) is 33.6 Å². The molecule has 0 aliphatic carbocycles. The van der Waals surface area contributed by atoms with Crippen molar-refractivity contribution < 1.29 is 22.3 Å². The molecule has 9 heteroatoms. The summed E-state index contributed by atoms with van der Waals surface area (Å²) in [4.78, 5) is 16.2. The number of thiazole rings is 1. The van der Waals surface area contributed by atoms with Crippen molar-refractivity contribution >= 4 is 27.3 Å². The maximum atomic E-state index is 12.9. The van der Waals surface area contributed by atoms with Gasteiger partial charge in [-0.1, -0.05) is 0 Å². The molecule has 1 aliphatic heterocycles. The number of aromatic nitrogens is 1. The summed E-state index contributed by atoms with van der Waals surface area (Å²) in [6.07, 6.45) is 2.97. The van der Waals surface area contributed by atoms with Gasteiger partial charge in [-0.25, -0.2) is 22.5 Å². The Kier molecular flexibility index (Phi) is 4.42. The fourth-order valence-electron chi connectivity index (χ4n) is 2.16. The quantitative estimate of drug-likeness (QED) is 0.908. The molecule has 0 spiro atoms. The minimum Gasteiger partial charge on any atom is -0.371 e. The van der Waals surface area contributed by atoms with Crippen LogP contribution < -0.4 is 4.72 Å². The first-order chi connectivity index (χ1) is 11.0. The lowest BCUT2D eigenvalue weighted by Crippen LogP contribution is -2.30. The van der Waals surface area contributed by atoms with Gasteiger partial charge < -0.3 is 4.74 Å². The second kappa shape index (κ2) is 6.34. The van der Waals surface area contributed by atoms with E-state index in [9.17, 15) is 17.6 Å². The van der Waals surface area contributed by atoms with Gasteiger partial charge in [0.05, 0.1) is 11.1 Å². The number of carbonyl (C=O) groups is 1. The minimum absolute atomic E-state index is 0.129. The van der Waals surface area contributed by atoms with Crippen molar-refractivity contribution in [3.8, 4) is 0 Å². The van der Waals surface area contributed by atoms with Gasteiger partial charge in [-0.3, -0.25) is 4.79 Å². The standard InChI is InChI=1S/C14H13FN2O4S2/c15-9-3-5-10(6-4-9)23(19,20)17-13(18)12-8-16-14(22-12)11-2-1-7-21-11/h3-6,8,11H,1-2,7H2,(H,17,18)/t11-/m0/s1. The van der Waals surface area contributed by atoms with E-state index in [1.54, 1.807) is 0 Å². The highest BCUT2D eigenvalue weighted by Crippen LogP contribution is 2.31. The van der Waals surface area contributed by atoms with Crippen LogP contribution in [-0.4, -0.2) is 25.9 Å². The summed E-state index contributed by atoms with van der Waals surface area (Å²) < 4.78 is 44.5. The van der Waals surface area contributed by atoms with Gasteiger partial charge >= 0.3 is 0 Å². The van der Waals surface area contributed by atoms with E-state index in [-0.39, 0.29) is 15.9 Å². The Morgan fingerprint density at radius 2 is 2.09 bits per heavy atom. The van der Waals surface area contributed by atoms with E-state index in [0.29, 0.717) is 11.6 Å². The number of nitrogens with zero attached hydrogens (tertiary/aromatic N) is 1. The molecule has 2 aromatic rings. The summed E-state index contributed by atoms with van der Waals surface area (Å²) in [6, 6.07) is 4.22. The van der Waals surface area contributed by atoms with Crippen LogP contribution in [0.3, 0.4) is 0 Å². The summed E-state index contributed by atoms with van der Waals surface area (Å²) in [5.41, 5.74) is 0. The molecule has 6 nitrogen and oxygen atoms in total. The predicted octanol–water partition coefficient (Wildman–Crippen LogP) is 2.25. The van der Waals surface area contributed by atoms with Gasteiger partial charge in [0.1, 0.15) is 21.8 Å². The number of hydrogen-bond acceptors (Lipinski definition) is 6. The number of rotatable bonds is 4. The Morgan fingerprint density at radius 3 is 2.74 bits per heavy atom. The molecule has 1 fully saturated rings. The third kappa shape index (κ3) is 3.57. The van der Waals surface area contributed by atoms with Gasteiger partial charge in [-0.05, 0) is 37.1 Å². The van der Waals surface area contributed by atoms with E-state index in [1.165, 1.54) is 6.20 Å². The van der Waals surface area contributed by atoms with Gasteiger partial charge in [-0.15, -0.1) is 11.3 Å². The molecule has 2 heterocycles. The van der Waals surface area contributed by atoms with Crippen LogP contribution in [0, 0.1) is 5.82 Å². The monoisotopic (exact) mass is 356 g/mol. The summed E-state index contributed by atoms with van der Waals surface area (Å²) in [6.45, 7) is 0.657. The van der Waals surface area contributed by atoms with Crippen LogP contribution in [0.2, 0.25) is 0 Å². The second-order valence-corrected chi connectivity index (χ2v) is 7.70. The van der Waals surface area contributed by atoms with Crippen LogP contribution in [-0.2, 0) is 14.8 Å². The zero-order valence-electron chi connectivity index (χ0n) is 11.9. The topological polar surface area (TPSA) is 85.4 Å². The lowest BCUT2D eigenvalue weighted by atomic mass is 10.2. The molecule has 1 saturated heterocycles. The molecular weight excluding hydrogens is 343 g/mol. The van der Waals surface area contributed by atoms with Crippen LogP contribution in [0.25, 0.3) is 0 Å². The van der Waals surface area contributed by atoms with Gasteiger partial charge in [0, 0.05) is 6.61 Å². The number of halogens is 1. The molecule has 1 aromatic heterocycles. The third-order valence-corrected chi connectivity index (χ3v) is 5.74. The first-order valence-corrected chi connectivity index (χ1v) is 9.16. The smallest absolute Gasteiger partial charge is 0.276 e. The number of amides is 1. The average molecular weight is 356 g/mol. The first-order valence-electron chi connectivity index (χ1n) is 6.86. The zero-order valence-corrected chi connectivity index (χ0v) is 13.5. The number of sulfonamides is 1. The molecule has 1 aromatic carbocycles. The molecular formula is C14H13FN2O4S2. The summed E-state index contributed by atoms with van der Waals surface area (Å²) in [7, 11) is -4.05. The van der Waals surface area contributed by atoms with Crippen molar-refractivity contribution in [2.75, 3.05) is 6.61 Å². The van der Waals surface area contributed by atoms with Gasteiger partial charge in [0.2, 0.25) is 0 Å². The first kappa shape index (κ1) is 16.0. The number of carbonyl (C=O) groups excluding carboxylic acids is 1. The molecule has 122 valence electrons. The zero-order chi connectivity index (χ0) is 16.4. The lowest BCUT2D eigenvalue weighted by Gasteiger charge is -2.05. The highest BCUT2D eigenvalue weighted by Gasteiger charge is 2.24. The number of nitrogens with one attached hydrogen (secondary N) is 1. The highest BCUT2D eigenvalue weighted by molar-refractivity contribution is 7.90. The Morgan fingerprint density at radius 1 is 1.35 bits per heavy atom. The van der Waals surface area contributed by atoms with E-state index in [1.807, 2.05) is 4.72 Å². The highest BCUT2D eigenvalue weighted by atomic mass is 32.2. The third-order valence-electron chi connectivity index (χ3n) is 3.30. The molecule has 1 amide bonds. The van der Waals surface area contributed by atoms with Crippen LogP contribution in [0.4, 0.5) is 4.39 Å². The Labute approximate surface area is 136 Å². The van der Waals surface area contributed by atoms with Crippen molar-refractivity contribution in [1.29, 1.82) is 0 Å². The largest absolute Gasteiger partial charge is 0.371 e. The maximum absolute atomic E-state index is 12.9. The van der Waals surface area contributed by atoms with Gasteiger partial charge in [0.25, 0.3) is 15.9 Å². The number of ether oxygens (including phenoxy) is 1. The molecule has 1 atom stereocenters. The Balaban J connectivity index is 1.74. The van der Waals surface area contributed by atoms with Crippen LogP contribution in [0.5, 0.6) is 0 Å². The van der Waals surface area contributed by atoms with Crippen molar-refractivity contribution in [1.82, 2.24) is 9.71 Å². The summed E-state index contributed by atoms with van der Waals surface area (Å²) in [5.74, 6) is -1.32. The van der Waals surface area contributed by atoms with Crippen molar-refractivity contribution in [2.45, 2.75) is 23.8 Å². The van der Waals surface area contributed by atoms with Crippen LogP contribution >= 0.6 is 11.3 Å². The Hall–Kier alpha value is -1.84. The maximum Gasteiger partial charge on any atom is 0.276 e. The molecule has 0 unspecified atom stereocenters. The van der Waals surface area contributed by atoms with E-state index < -0.39 is 21.7 Å². The molecule has 0 saturated carbocycles. The summed E-state index contributed by atoms with van der Waals surface area (Å²) >= 11 is 1.10. The molecule has 23 heavy (non-hydrogen) atoms. The fraction of sp³-hybridized carbons (Fsp3) is 0.286. The van der Waals surface area contributed by atoms with E-state index in [0.717, 1.165) is 48.4 Å². The number of hydrogen-bond donors (Lipinski definition) is 1. The lowest BCUT2D eigenvalue weighted by molar-refractivity contribution is 0.0985. The normalized spacial score (nSPS) is 18.0.